The number of nitrogens with zero attached hydrogens (tertiary/aromatic N) is 4. The van der Waals surface area contributed by atoms with Crippen LogP contribution in [-0.2, 0) is 9.84 Å². The SMILES string of the molecule is CC1CCN(c2nc3c(-c4ccc(S(C)(=O)=O)cc4)cccn3n2)CC1. The zero-order valence-corrected chi connectivity index (χ0v) is 15.8. The number of fused-ring (bicyclic) bond motifs is 1. The van der Waals surface area contributed by atoms with E-state index in [1.807, 2.05) is 30.5 Å². The fourth-order valence-electron chi connectivity index (χ4n) is 3.34. The number of pyridine rings is 1. The number of hydrogen-bond acceptors (Lipinski definition) is 5. The van der Waals surface area contributed by atoms with Crippen molar-refractivity contribution in [3.8, 4) is 11.1 Å². The van der Waals surface area contributed by atoms with Crippen LogP contribution in [0.5, 0.6) is 0 Å². The molecule has 0 unspecified atom stereocenters. The van der Waals surface area contributed by atoms with Gasteiger partial charge >= 0.3 is 0 Å². The van der Waals surface area contributed by atoms with Gasteiger partial charge in [0.2, 0.25) is 5.95 Å². The van der Waals surface area contributed by atoms with E-state index in [0.29, 0.717) is 4.90 Å². The van der Waals surface area contributed by atoms with Crippen LogP contribution in [0.25, 0.3) is 16.8 Å². The number of anilines is 1. The Morgan fingerprint density at radius 1 is 1.08 bits per heavy atom. The minimum atomic E-state index is -3.20. The first-order chi connectivity index (χ1) is 12.4. The second kappa shape index (κ2) is 6.39. The van der Waals surface area contributed by atoms with Crippen molar-refractivity contribution in [2.75, 3.05) is 24.2 Å². The van der Waals surface area contributed by atoms with Crippen molar-refractivity contribution < 1.29 is 8.42 Å². The van der Waals surface area contributed by atoms with Gasteiger partial charge in [0.25, 0.3) is 0 Å². The standard InChI is InChI=1S/C19H22N4O2S/c1-14-9-12-22(13-10-14)19-20-18-17(4-3-11-23(18)21-19)15-5-7-16(8-6-15)26(2,24)25/h3-8,11,14H,9-10,12-13H2,1-2H3. The Kier molecular flexibility index (Phi) is 4.19. The molecule has 7 heteroatoms. The molecule has 0 radical (unpaired) electrons. The van der Waals surface area contributed by atoms with Crippen molar-refractivity contribution in [3.05, 3.63) is 42.6 Å². The zero-order valence-electron chi connectivity index (χ0n) is 15.0. The molecule has 4 rings (SSSR count). The topological polar surface area (TPSA) is 67.6 Å². The van der Waals surface area contributed by atoms with Gasteiger partial charge in [0.15, 0.2) is 15.5 Å². The molecule has 0 N–H and O–H groups in total. The second-order valence-electron chi connectivity index (χ2n) is 7.07. The van der Waals surface area contributed by atoms with Gasteiger partial charge in [-0.2, -0.15) is 4.98 Å². The summed E-state index contributed by atoms with van der Waals surface area (Å²) in [7, 11) is -3.20. The average molecular weight is 370 g/mol. The van der Waals surface area contributed by atoms with E-state index in [1.54, 1.807) is 16.6 Å². The molecule has 3 aromatic rings. The molecule has 1 saturated heterocycles. The average Bonchev–Trinajstić information content (AvgIpc) is 3.06. The number of hydrogen-bond donors (Lipinski definition) is 0. The lowest BCUT2D eigenvalue weighted by Gasteiger charge is -2.29. The van der Waals surface area contributed by atoms with Gasteiger partial charge < -0.3 is 4.90 Å². The summed E-state index contributed by atoms with van der Waals surface area (Å²) in [5, 5.41) is 4.64. The van der Waals surface area contributed by atoms with Crippen LogP contribution in [0.3, 0.4) is 0 Å². The van der Waals surface area contributed by atoms with E-state index in [9.17, 15) is 8.42 Å². The molecule has 6 nitrogen and oxygen atoms in total. The summed E-state index contributed by atoms with van der Waals surface area (Å²) in [6.07, 6.45) is 5.44. The monoisotopic (exact) mass is 370 g/mol. The van der Waals surface area contributed by atoms with Crippen molar-refractivity contribution in [2.24, 2.45) is 5.92 Å². The maximum Gasteiger partial charge on any atom is 0.245 e. The first-order valence-electron chi connectivity index (χ1n) is 8.82. The lowest BCUT2D eigenvalue weighted by Crippen LogP contribution is -2.33. The van der Waals surface area contributed by atoms with E-state index in [0.717, 1.165) is 54.6 Å². The van der Waals surface area contributed by atoms with Gasteiger partial charge in [0.1, 0.15) is 0 Å². The third-order valence-electron chi connectivity index (χ3n) is 5.01. The molecule has 26 heavy (non-hydrogen) atoms. The summed E-state index contributed by atoms with van der Waals surface area (Å²) in [5.41, 5.74) is 2.65. The second-order valence-corrected chi connectivity index (χ2v) is 9.08. The predicted molar refractivity (Wildman–Crippen MR) is 102 cm³/mol. The molecule has 1 aliphatic rings. The first-order valence-corrected chi connectivity index (χ1v) is 10.7. The Labute approximate surface area is 153 Å². The lowest BCUT2D eigenvalue weighted by molar-refractivity contribution is 0.434. The maximum atomic E-state index is 11.7. The molecule has 1 aromatic carbocycles. The molecule has 0 bridgehead atoms. The van der Waals surface area contributed by atoms with Crippen LogP contribution in [0.15, 0.2) is 47.5 Å². The van der Waals surface area contributed by atoms with Crippen LogP contribution in [0.1, 0.15) is 19.8 Å². The van der Waals surface area contributed by atoms with Gasteiger partial charge in [0, 0.05) is 31.1 Å². The van der Waals surface area contributed by atoms with Crippen molar-refractivity contribution in [1.82, 2.24) is 14.6 Å². The summed E-state index contributed by atoms with van der Waals surface area (Å²) in [6.45, 7) is 4.25. The highest BCUT2D eigenvalue weighted by Gasteiger charge is 2.20. The summed E-state index contributed by atoms with van der Waals surface area (Å²) >= 11 is 0. The quantitative estimate of drug-likeness (QED) is 0.709. The van der Waals surface area contributed by atoms with Crippen LogP contribution >= 0.6 is 0 Å². The molecule has 1 fully saturated rings. The molecular formula is C19H22N4O2S. The van der Waals surface area contributed by atoms with Gasteiger partial charge in [0.05, 0.1) is 4.90 Å². The van der Waals surface area contributed by atoms with Crippen LogP contribution < -0.4 is 4.90 Å². The largest absolute Gasteiger partial charge is 0.340 e. The molecule has 136 valence electrons. The third-order valence-corrected chi connectivity index (χ3v) is 6.14. The summed E-state index contributed by atoms with van der Waals surface area (Å²) in [6, 6.07) is 10.8. The van der Waals surface area contributed by atoms with Gasteiger partial charge in [-0.3, -0.25) is 0 Å². The van der Waals surface area contributed by atoms with E-state index in [-0.39, 0.29) is 0 Å². The Morgan fingerprint density at radius 3 is 2.42 bits per heavy atom. The highest BCUT2D eigenvalue weighted by Crippen LogP contribution is 2.27. The molecule has 1 aliphatic heterocycles. The van der Waals surface area contributed by atoms with Crippen molar-refractivity contribution in [2.45, 2.75) is 24.7 Å². The molecule has 0 spiro atoms. The minimum absolute atomic E-state index is 0.317. The molecule has 0 amide bonds. The Morgan fingerprint density at radius 2 is 1.77 bits per heavy atom. The van der Waals surface area contributed by atoms with Gasteiger partial charge in [-0.15, -0.1) is 5.10 Å². The van der Waals surface area contributed by atoms with Crippen molar-refractivity contribution in [1.29, 1.82) is 0 Å². The van der Waals surface area contributed by atoms with E-state index in [1.165, 1.54) is 6.26 Å². The van der Waals surface area contributed by atoms with Crippen molar-refractivity contribution >= 4 is 21.4 Å². The molecular weight excluding hydrogens is 348 g/mol. The lowest BCUT2D eigenvalue weighted by atomic mass is 10.00. The number of aromatic nitrogens is 3. The van der Waals surface area contributed by atoms with Crippen LogP contribution in [-0.4, -0.2) is 42.4 Å². The zero-order chi connectivity index (χ0) is 18.3. The Bertz CT molecular complexity index is 1030. The summed E-state index contributed by atoms with van der Waals surface area (Å²) < 4.78 is 25.1. The highest BCUT2D eigenvalue weighted by atomic mass is 32.2. The first kappa shape index (κ1) is 17.0. The molecule has 0 atom stereocenters. The van der Waals surface area contributed by atoms with E-state index in [2.05, 4.69) is 16.9 Å². The van der Waals surface area contributed by atoms with E-state index < -0.39 is 9.84 Å². The van der Waals surface area contributed by atoms with E-state index >= 15 is 0 Å². The molecule has 3 heterocycles. The third kappa shape index (κ3) is 3.19. The van der Waals surface area contributed by atoms with Crippen LogP contribution in [0.2, 0.25) is 0 Å². The predicted octanol–water partition coefficient (Wildman–Crippen LogP) is 3.04. The Balaban J connectivity index is 1.72. The summed E-state index contributed by atoms with van der Waals surface area (Å²) in [4.78, 5) is 7.33. The van der Waals surface area contributed by atoms with Gasteiger partial charge in [-0.05, 0) is 48.6 Å². The molecule has 2 aromatic heterocycles. The normalized spacial score (nSPS) is 16.3. The number of sulfone groups is 1. The number of benzene rings is 1. The number of piperidine rings is 1. The maximum absolute atomic E-state index is 11.7. The smallest absolute Gasteiger partial charge is 0.245 e. The fraction of sp³-hybridized carbons (Fsp3) is 0.368. The van der Waals surface area contributed by atoms with Gasteiger partial charge in [-0.1, -0.05) is 19.1 Å². The number of rotatable bonds is 3. The van der Waals surface area contributed by atoms with Gasteiger partial charge in [-0.25, -0.2) is 12.9 Å². The Hall–Kier alpha value is -2.41. The van der Waals surface area contributed by atoms with Crippen LogP contribution in [0, 0.1) is 5.92 Å². The minimum Gasteiger partial charge on any atom is -0.340 e. The van der Waals surface area contributed by atoms with E-state index in [4.69, 9.17) is 4.98 Å². The summed E-state index contributed by atoms with van der Waals surface area (Å²) in [5.74, 6) is 1.52. The molecule has 0 aliphatic carbocycles. The molecule has 0 saturated carbocycles. The van der Waals surface area contributed by atoms with Crippen molar-refractivity contribution in [3.63, 3.8) is 0 Å². The fourth-order valence-corrected chi connectivity index (χ4v) is 3.97. The van der Waals surface area contributed by atoms with Crippen LogP contribution in [0.4, 0.5) is 5.95 Å². The highest BCUT2D eigenvalue weighted by molar-refractivity contribution is 7.90.